The molecule has 2 aromatic heterocycles. The number of methoxy groups -OCH3 is 1. The first-order chi connectivity index (χ1) is 8.90. The number of nitrogens with zero attached hydrogens (tertiary/aromatic N) is 5. The monoisotopic (exact) mass is 265 g/mol. The highest BCUT2D eigenvalue weighted by Crippen LogP contribution is 2.20. The number of carbonyl (C=O) groups excluding carboxylic acids is 1. The van der Waals surface area contributed by atoms with Crippen molar-refractivity contribution in [3.8, 4) is 0 Å². The summed E-state index contributed by atoms with van der Waals surface area (Å²) in [4.78, 5) is 11.2. The molecule has 0 N–H and O–H groups in total. The highest BCUT2D eigenvalue weighted by Gasteiger charge is 2.21. The number of carbonyl (C=O) groups is 1. The zero-order valence-corrected chi connectivity index (χ0v) is 11.2. The van der Waals surface area contributed by atoms with Crippen LogP contribution in [0.15, 0.2) is 10.6 Å². The molecule has 0 aliphatic rings. The number of ether oxygens (including phenoxy) is 1. The molecule has 0 saturated carbocycles. The van der Waals surface area contributed by atoms with Crippen LogP contribution in [0.4, 0.5) is 0 Å². The van der Waals surface area contributed by atoms with E-state index in [4.69, 9.17) is 4.42 Å². The van der Waals surface area contributed by atoms with Crippen molar-refractivity contribution in [3.63, 3.8) is 0 Å². The summed E-state index contributed by atoms with van der Waals surface area (Å²) in [5.41, 5.74) is -0.0665. The Kier molecular flexibility index (Phi) is 3.32. The van der Waals surface area contributed by atoms with Gasteiger partial charge in [-0.1, -0.05) is 26.0 Å². The molecule has 0 aliphatic heterocycles. The molecular formula is C11H15N5O3. The Balaban J connectivity index is 2.11. The van der Waals surface area contributed by atoms with Crippen LogP contribution in [0.3, 0.4) is 0 Å². The highest BCUT2D eigenvalue weighted by atomic mass is 16.5. The summed E-state index contributed by atoms with van der Waals surface area (Å²) in [6, 6.07) is 0. The molecule has 0 unspecified atom stereocenters. The molecule has 8 nitrogen and oxygen atoms in total. The van der Waals surface area contributed by atoms with Gasteiger partial charge in [-0.15, -0.1) is 15.3 Å². The third-order valence-electron chi connectivity index (χ3n) is 2.34. The van der Waals surface area contributed by atoms with Crippen LogP contribution in [-0.2, 0) is 16.7 Å². The summed E-state index contributed by atoms with van der Waals surface area (Å²) in [5, 5.41) is 15.4. The standard InChI is InChI=1S/C11H15N5O3/c1-11(2,3)10-14-13-8(19-10)6-16-5-7(12-15-16)9(17)18-4/h5H,6H2,1-4H3. The minimum absolute atomic E-state index is 0.137. The lowest BCUT2D eigenvalue weighted by Gasteiger charge is -2.10. The summed E-state index contributed by atoms with van der Waals surface area (Å²) in [6.07, 6.45) is 1.47. The van der Waals surface area contributed by atoms with Crippen molar-refractivity contribution >= 4 is 5.97 Å². The molecule has 0 amide bonds. The molecule has 0 bridgehead atoms. The molecule has 2 heterocycles. The van der Waals surface area contributed by atoms with E-state index in [1.54, 1.807) is 0 Å². The molecule has 102 valence electrons. The molecule has 8 heteroatoms. The Morgan fingerprint density at radius 3 is 2.68 bits per heavy atom. The highest BCUT2D eigenvalue weighted by molar-refractivity contribution is 5.86. The zero-order valence-electron chi connectivity index (χ0n) is 11.2. The molecule has 2 rings (SSSR count). The van der Waals surface area contributed by atoms with Gasteiger partial charge in [0, 0.05) is 5.41 Å². The molecule has 0 fully saturated rings. The van der Waals surface area contributed by atoms with Gasteiger partial charge in [0.2, 0.25) is 11.8 Å². The fourth-order valence-corrected chi connectivity index (χ4v) is 1.33. The van der Waals surface area contributed by atoms with E-state index in [1.165, 1.54) is 18.0 Å². The third-order valence-corrected chi connectivity index (χ3v) is 2.34. The van der Waals surface area contributed by atoms with Crippen molar-refractivity contribution in [2.75, 3.05) is 7.11 Å². The molecule has 0 spiro atoms. The number of esters is 1. The molecule has 0 saturated heterocycles. The summed E-state index contributed by atoms with van der Waals surface area (Å²) >= 11 is 0. The predicted molar refractivity (Wildman–Crippen MR) is 63.5 cm³/mol. The average molecular weight is 265 g/mol. The van der Waals surface area contributed by atoms with Crippen LogP contribution in [0.5, 0.6) is 0 Å². The number of hydrogen-bond donors (Lipinski definition) is 0. The van der Waals surface area contributed by atoms with E-state index in [1.807, 2.05) is 20.8 Å². The molecule has 0 aliphatic carbocycles. The Hall–Kier alpha value is -2.25. The Bertz CT molecular complexity index is 581. The minimum atomic E-state index is -0.535. The molecule has 2 aromatic rings. The van der Waals surface area contributed by atoms with Crippen molar-refractivity contribution in [2.24, 2.45) is 0 Å². The van der Waals surface area contributed by atoms with Crippen LogP contribution in [0, 0.1) is 0 Å². The second-order valence-electron chi connectivity index (χ2n) is 5.04. The summed E-state index contributed by atoms with van der Waals surface area (Å²) in [6.45, 7) is 6.20. The van der Waals surface area contributed by atoms with Gasteiger partial charge in [-0.3, -0.25) is 0 Å². The van der Waals surface area contributed by atoms with Gasteiger partial charge in [0.15, 0.2) is 5.69 Å². The van der Waals surface area contributed by atoms with Crippen LogP contribution >= 0.6 is 0 Å². The Morgan fingerprint density at radius 1 is 1.37 bits per heavy atom. The van der Waals surface area contributed by atoms with Gasteiger partial charge >= 0.3 is 5.97 Å². The topological polar surface area (TPSA) is 95.9 Å². The van der Waals surface area contributed by atoms with E-state index in [-0.39, 0.29) is 17.7 Å². The van der Waals surface area contributed by atoms with Gasteiger partial charge in [0.25, 0.3) is 0 Å². The van der Waals surface area contributed by atoms with Crippen LogP contribution in [0.2, 0.25) is 0 Å². The maximum absolute atomic E-state index is 11.2. The normalized spacial score (nSPS) is 11.6. The minimum Gasteiger partial charge on any atom is -0.464 e. The lowest BCUT2D eigenvalue weighted by Crippen LogP contribution is -2.11. The van der Waals surface area contributed by atoms with E-state index in [9.17, 15) is 4.79 Å². The van der Waals surface area contributed by atoms with Gasteiger partial charge in [-0.25, -0.2) is 9.48 Å². The lowest BCUT2D eigenvalue weighted by atomic mass is 9.97. The zero-order chi connectivity index (χ0) is 14.0. The fraction of sp³-hybridized carbons (Fsp3) is 0.545. The molecular weight excluding hydrogens is 250 g/mol. The van der Waals surface area contributed by atoms with Crippen LogP contribution in [-0.4, -0.2) is 38.3 Å². The van der Waals surface area contributed by atoms with Gasteiger partial charge in [0.1, 0.15) is 6.54 Å². The second-order valence-corrected chi connectivity index (χ2v) is 5.04. The van der Waals surface area contributed by atoms with Gasteiger partial charge < -0.3 is 9.15 Å². The Labute approximate surface area is 109 Å². The molecule has 0 aromatic carbocycles. The van der Waals surface area contributed by atoms with E-state index < -0.39 is 5.97 Å². The van der Waals surface area contributed by atoms with E-state index in [0.717, 1.165) is 0 Å². The Morgan fingerprint density at radius 2 is 2.11 bits per heavy atom. The van der Waals surface area contributed by atoms with Crippen molar-refractivity contribution in [3.05, 3.63) is 23.7 Å². The van der Waals surface area contributed by atoms with Crippen LogP contribution in [0.1, 0.15) is 43.0 Å². The predicted octanol–water partition coefficient (Wildman–Crippen LogP) is 0.793. The number of aromatic nitrogens is 5. The first-order valence-electron chi connectivity index (χ1n) is 5.71. The smallest absolute Gasteiger partial charge is 0.360 e. The van der Waals surface area contributed by atoms with Gasteiger partial charge in [0.05, 0.1) is 13.3 Å². The van der Waals surface area contributed by atoms with Gasteiger partial charge in [-0.2, -0.15) is 0 Å². The maximum Gasteiger partial charge on any atom is 0.360 e. The maximum atomic E-state index is 11.2. The first kappa shape index (κ1) is 13.2. The summed E-state index contributed by atoms with van der Waals surface area (Å²) in [5.74, 6) is 0.425. The average Bonchev–Trinajstić information content (AvgIpc) is 2.97. The van der Waals surface area contributed by atoms with Crippen LogP contribution < -0.4 is 0 Å². The fourth-order valence-electron chi connectivity index (χ4n) is 1.33. The molecule has 0 atom stereocenters. The first-order valence-corrected chi connectivity index (χ1v) is 5.71. The SMILES string of the molecule is COC(=O)c1cn(Cc2nnc(C(C)(C)C)o2)nn1. The van der Waals surface area contributed by atoms with E-state index in [0.29, 0.717) is 11.8 Å². The summed E-state index contributed by atoms with van der Waals surface area (Å²) < 4.78 is 11.5. The van der Waals surface area contributed by atoms with Crippen molar-refractivity contribution in [1.82, 2.24) is 25.2 Å². The lowest BCUT2D eigenvalue weighted by molar-refractivity contribution is 0.0594. The van der Waals surface area contributed by atoms with Crippen molar-refractivity contribution in [1.29, 1.82) is 0 Å². The van der Waals surface area contributed by atoms with Crippen molar-refractivity contribution in [2.45, 2.75) is 32.7 Å². The van der Waals surface area contributed by atoms with E-state index >= 15 is 0 Å². The van der Waals surface area contributed by atoms with Crippen LogP contribution in [0.25, 0.3) is 0 Å². The van der Waals surface area contributed by atoms with Crippen molar-refractivity contribution < 1.29 is 13.9 Å². The van der Waals surface area contributed by atoms with E-state index in [2.05, 4.69) is 25.2 Å². The quantitative estimate of drug-likeness (QED) is 0.757. The largest absolute Gasteiger partial charge is 0.464 e. The summed E-state index contributed by atoms with van der Waals surface area (Å²) in [7, 11) is 1.29. The molecule has 19 heavy (non-hydrogen) atoms. The number of hydrogen-bond acceptors (Lipinski definition) is 7. The second kappa shape index (κ2) is 4.79. The molecule has 0 radical (unpaired) electrons. The third kappa shape index (κ3) is 2.95. The number of rotatable bonds is 3. The van der Waals surface area contributed by atoms with Gasteiger partial charge in [-0.05, 0) is 0 Å².